The summed E-state index contributed by atoms with van der Waals surface area (Å²) in [4.78, 5) is 15.2. The van der Waals surface area contributed by atoms with Crippen LogP contribution in [0.2, 0.25) is 0 Å². The van der Waals surface area contributed by atoms with Crippen molar-refractivity contribution < 1.29 is 9.53 Å². The maximum atomic E-state index is 11.0. The first-order valence-corrected chi connectivity index (χ1v) is 6.32. The van der Waals surface area contributed by atoms with Crippen molar-refractivity contribution in [2.75, 3.05) is 6.61 Å². The van der Waals surface area contributed by atoms with Gasteiger partial charge in [0.2, 0.25) is 0 Å². The van der Waals surface area contributed by atoms with Crippen LogP contribution >= 0.6 is 0 Å². The van der Waals surface area contributed by atoms with Crippen molar-refractivity contribution in [1.82, 2.24) is 9.55 Å². The lowest BCUT2D eigenvalue weighted by Gasteiger charge is -2.07. The van der Waals surface area contributed by atoms with E-state index in [-0.39, 0.29) is 5.78 Å². The molecule has 0 saturated carbocycles. The smallest absolute Gasteiger partial charge is 0.134 e. The van der Waals surface area contributed by atoms with Crippen LogP contribution in [0.3, 0.4) is 0 Å². The third-order valence-electron chi connectivity index (χ3n) is 2.89. The van der Waals surface area contributed by atoms with Gasteiger partial charge in [-0.15, -0.1) is 0 Å². The molecule has 0 atom stereocenters. The van der Waals surface area contributed by atoms with Crippen LogP contribution in [0.15, 0.2) is 36.7 Å². The molecule has 0 spiro atoms. The first-order valence-electron chi connectivity index (χ1n) is 6.32. The predicted octanol–water partition coefficient (Wildman–Crippen LogP) is 2.17. The first kappa shape index (κ1) is 13.3. The van der Waals surface area contributed by atoms with Gasteiger partial charge >= 0.3 is 0 Å². The van der Waals surface area contributed by atoms with E-state index < -0.39 is 0 Å². The average molecular weight is 258 g/mol. The minimum atomic E-state index is 0.170. The van der Waals surface area contributed by atoms with Crippen molar-refractivity contribution in [3.05, 3.63) is 48.0 Å². The molecule has 2 rings (SSSR count). The second-order valence-electron chi connectivity index (χ2n) is 4.58. The highest BCUT2D eigenvalue weighted by molar-refractivity contribution is 5.78. The van der Waals surface area contributed by atoms with Gasteiger partial charge in [-0.1, -0.05) is 12.1 Å². The maximum absolute atomic E-state index is 11.0. The average Bonchev–Trinajstić information content (AvgIpc) is 2.77. The fourth-order valence-electron chi connectivity index (χ4n) is 1.89. The van der Waals surface area contributed by atoms with Gasteiger partial charge in [0.1, 0.15) is 17.4 Å². The Morgan fingerprint density at radius 1 is 1.32 bits per heavy atom. The molecule has 1 aromatic heterocycles. The van der Waals surface area contributed by atoms with E-state index in [1.54, 1.807) is 13.1 Å². The number of nitrogens with zero attached hydrogens (tertiary/aromatic N) is 2. The Hall–Kier alpha value is -2.10. The van der Waals surface area contributed by atoms with Crippen LogP contribution in [0.4, 0.5) is 0 Å². The highest BCUT2D eigenvalue weighted by atomic mass is 16.5. The van der Waals surface area contributed by atoms with E-state index in [1.807, 2.05) is 42.1 Å². The first-order chi connectivity index (χ1) is 9.15. The largest absolute Gasteiger partial charge is 0.493 e. The Kier molecular flexibility index (Phi) is 4.34. The van der Waals surface area contributed by atoms with Crippen LogP contribution in [0.25, 0.3) is 0 Å². The second kappa shape index (κ2) is 6.18. The molecule has 0 bridgehead atoms. The molecule has 1 heterocycles. The number of ketones is 1. The third kappa shape index (κ3) is 3.95. The van der Waals surface area contributed by atoms with Gasteiger partial charge in [-0.25, -0.2) is 4.98 Å². The molecular formula is C15H18N2O2. The zero-order chi connectivity index (χ0) is 13.7. The van der Waals surface area contributed by atoms with Crippen LogP contribution in [0.1, 0.15) is 18.3 Å². The molecule has 0 aliphatic rings. The Bertz CT molecular complexity index is 544. The number of aryl methyl sites for hydroxylation is 1. The highest BCUT2D eigenvalue weighted by Gasteiger charge is 2.01. The predicted molar refractivity (Wildman–Crippen MR) is 73.2 cm³/mol. The van der Waals surface area contributed by atoms with Crippen molar-refractivity contribution in [2.45, 2.75) is 19.8 Å². The van der Waals surface area contributed by atoms with Crippen molar-refractivity contribution >= 4 is 5.78 Å². The fraction of sp³-hybridized carbons (Fsp3) is 0.333. The minimum Gasteiger partial charge on any atom is -0.493 e. The maximum Gasteiger partial charge on any atom is 0.134 e. The number of hydrogen-bond donors (Lipinski definition) is 0. The lowest BCUT2D eigenvalue weighted by Crippen LogP contribution is -2.06. The van der Waals surface area contributed by atoms with Gasteiger partial charge in [0, 0.05) is 32.3 Å². The highest BCUT2D eigenvalue weighted by Crippen LogP contribution is 2.13. The molecule has 2 aromatic rings. The number of carbonyl (C=O) groups is 1. The quantitative estimate of drug-likeness (QED) is 0.797. The van der Waals surface area contributed by atoms with Gasteiger partial charge in [0.25, 0.3) is 0 Å². The van der Waals surface area contributed by atoms with Crippen molar-refractivity contribution in [2.24, 2.45) is 7.05 Å². The molecule has 19 heavy (non-hydrogen) atoms. The van der Waals surface area contributed by atoms with Gasteiger partial charge < -0.3 is 9.30 Å². The summed E-state index contributed by atoms with van der Waals surface area (Å²) in [6, 6.07) is 7.66. The monoisotopic (exact) mass is 258 g/mol. The molecule has 4 nitrogen and oxygen atoms in total. The molecule has 1 aromatic carbocycles. The number of Topliss-reactive ketones (excluding diaryl/α,β-unsaturated/α-hetero) is 1. The fourth-order valence-corrected chi connectivity index (χ4v) is 1.89. The molecule has 0 N–H and O–H groups in total. The number of hydrogen-bond acceptors (Lipinski definition) is 3. The molecule has 0 unspecified atom stereocenters. The number of benzene rings is 1. The molecule has 0 radical (unpaired) electrons. The Morgan fingerprint density at radius 2 is 2.05 bits per heavy atom. The van der Waals surface area contributed by atoms with Crippen molar-refractivity contribution in [3.8, 4) is 5.75 Å². The van der Waals surface area contributed by atoms with Crippen LogP contribution in [0, 0.1) is 0 Å². The van der Waals surface area contributed by atoms with Crippen LogP contribution in [-0.2, 0) is 24.7 Å². The van der Waals surface area contributed by atoms with Gasteiger partial charge in [-0.05, 0) is 24.6 Å². The van der Waals surface area contributed by atoms with Gasteiger partial charge in [0.15, 0.2) is 0 Å². The van der Waals surface area contributed by atoms with E-state index in [2.05, 4.69) is 4.98 Å². The Balaban J connectivity index is 1.83. The molecule has 0 fully saturated rings. The van der Waals surface area contributed by atoms with E-state index in [0.29, 0.717) is 13.0 Å². The van der Waals surface area contributed by atoms with E-state index in [4.69, 9.17) is 4.74 Å². The summed E-state index contributed by atoms with van der Waals surface area (Å²) in [7, 11) is 1.97. The number of imidazole rings is 1. The summed E-state index contributed by atoms with van der Waals surface area (Å²) in [5, 5.41) is 0. The third-order valence-corrected chi connectivity index (χ3v) is 2.89. The van der Waals surface area contributed by atoms with Gasteiger partial charge in [-0.2, -0.15) is 0 Å². The molecular weight excluding hydrogens is 240 g/mol. The molecule has 4 heteroatoms. The molecule has 0 saturated heterocycles. The summed E-state index contributed by atoms with van der Waals surface area (Å²) < 4.78 is 7.64. The summed E-state index contributed by atoms with van der Waals surface area (Å²) >= 11 is 0. The molecule has 100 valence electrons. The second-order valence-corrected chi connectivity index (χ2v) is 4.58. The lowest BCUT2D eigenvalue weighted by atomic mass is 10.1. The van der Waals surface area contributed by atoms with Crippen molar-refractivity contribution in [1.29, 1.82) is 0 Å². The number of aromatic nitrogens is 2. The number of ether oxygens (including phenoxy) is 1. The van der Waals surface area contributed by atoms with Crippen LogP contribution in [0.5, 0.6) is 5.75 Å². The number of rotatable bonds is 6. The Labute approximate surface area is 113 Å². The van der Waals surface area contributed by atoms with E-state index in [9.17, 15) is 4.79 Å². The topological polar surface area (TPSA) is 44.1 Å². The standard InChI is InChI=1S/C15H18N2O2/c1-12(18)11-13-3-5-14(6-4-13)19-10-7-15-16-8-9-17(15)2/h3-6,8-9H,7,10-11H2,1-2H3. The molecule has 0 aliphatic carbocycles. The SMILES string of the molecule is CC(=O)Cc1ccc(OCCc2nccn2C)cc1. The minimum absolute atomic E-state index is 0.170. The van der Waals surface area contributed by atoms with E-state index in [0.717, 1.165) is 23.6 Å². The zero-order valence-electron chi connectivity index (χ0n) is 11.3. The number of carbonyl (C=O) groups excluding carboxylic acids is 1. The molecule has 0 amide bonds. The molecule has 0 aliphatic heterocycles. The van der Waals surface area contributed by atoms with E-state index >= 15 is 0 Å². The van der Waals surface area contributed by atoms with Crippen molar-refractivity contribution in [3.63, 3.8) is 0 Å². The Morgan fingerprint density at radius 3 is 2.63 bits per heavy atom. The summed E-state index contributed by atoms with van der Waals surface area (Å²) in [5.41, 5.74) is 1.02. The zero-order valence-corrected chi connectivity index (χ0v) is 11.3. The summed E-state index contributed by atoms with van der Waals surface area (Å²) in [5.74, 6) is 2.00. The summed E-state index contributed by atoms with van der Waals surface area (Å²) in [6.45, 7) is 2.19. The van der Waals surface area contributed by atoms with Gasteiger partial charge in [-0.3, -0.25) is 4.79 Å². The van der Waals surface area contributed by atoms with E-state index in [1.165, 1.54) is 0 Å². The summed E-state index contributed by atoms with van der Waals surface area (Å²) in [6.07, 6.45) is 4.96. The van der Waals surface area contributed by atoms with Gasteiger partial charge in [0.05, 0.1) is 6.61 Å². The normalized spacial score (nSPS) is 10.4. The lowest BCUT2D eigenvalue weighted by molar-refractivity contribution is -0.116. The van der Waals surface area contributed by atoms with Crippen LogP contribution < -0.4 is 4.74 Å². The van der Waals surface area contributed by atoms with Crippen LogP contribution in [-0.4, -0.2) is 21.9 Å².